The van der Waals surface area contributed by atoms with Crippen LogP contribution in [0.15, 0.2) is 45.4 Å². The molecule has 31 heavy (non-hydrogen) atoms. The van der Waals surface area contributed by atoms with Crippen LogP contribution in [0.1, 0.15) is 47.2 Å². The van der Waals surface area contributed by atoms with Crippen LogP contribution in [0.25, 0.3) is 11.3 Å². The fourth-order valence-corrected chi connectivity index (χ4v) is 4.08. The molecule has 8 nitrogen and oxygen atoms in total. The van der Waals surface area contributed by atoms with Gasteiger partial charge >= 0.3 is 0 Å². The van der Waals surface area contributed by atoms with Gasteiger partial charge in [-0.2, -0.15) is 0 Å². The van der Waals surface area contributed by atoms with Crippen molar-refractivity contribution in [3.8, 4) is 11.3 Å². The van der Waals surface area contributed by atoms with Crippen LogP contribution in [0.4, 0.5) is 4.39 Å². The lowest BCUT2D eigenvalue weighted by Gasteiger charge is -2.24. The number of benzene rings is 1. The van der Waals surface area contributed by atoms with Gasteiger partial charge in [-0.25, -0.2) is 4.39 Å². The van der Waals surface area contributed by atoms with Crippen molar-refractivity contribution in [2.75, 3.05) is 13.1 Å². The third-order valence-electron chi connectivity index (χ3n) is 6.10. The lowest BCUT2D eigenvalue weighted by molar-refractivity contribution is -0.127. The summed E-state index contributed by atoms with van der Waals surface area (Å²) in [5.41, 5.74) is 6.28. The Labute approximate surface area is 177 Å². The van der Waals surface area contributed by atoms with Crippen LogP contribution in [-0.4, -0.2) is 40.1 Å². The number of carbonyl (C=O) groups is 2. The van der Waals surface area contributed by atoms with Crippen LogP contribution in [0.2, 0.25) is 0 Å². The Morgan fingerprint density at radius 3 is 2.65 bits per heavy atom. The van der Waals surface area contributed by atoms with E-state index in [0.717, 1.165) is 18.6 Å². The minimum atomic E-state index is -0.960. The number of nitrogens with two attached hydrogens (primary N) is 1. The van der Waals surface area contributed by atoms with Crippen molar-refractivity contribution < 1.29 is 23.0 Å². The summed E-state index contributed by atoms with van der Waals surface area (Å²) in [7, 11) is 0. The quantitative estimate of drug-likeness (QED) is 0.651. The van der Waals surface area contributed by atoms with Gasteiger partial charge in [0.2, 0.25) is 5.91 Å². The Hall–Kier alpha value is -3.49. The molecule has 2 amide bonds. The molecule has 2 aromatic heterocycles. The monoisotopic (exact) mass is 424 g/mol. The van der Waals surface area contributed by atoms with Crippen LogP contribution < -0.4 is 5.73 Å². The molecule has 1 atom stereocenters. The van der Waals surface area contributed by atoms with E-state index in [-0.39, 0.29) is 30.4 Å². The lowest BCUT2D eigenvalue weighted by Crippen LogP contribution is -2.42. The molecule has 1 aliphatic carbocycles. The van der Waals surface area contributed by atoms with E-state index in [2.05, 4.69) is 10.3 Å². The topological polar surface area (TPSA) is 115 Å². The largest absolute Gasteiger partial charge is 0.369 e. The summed E-state index contributed by atoms with van der Waals surface area (Å²) >= 11 is 0. The standard InChI is InChI=1S/C22H21FN4O4/c23-15-5-3-13(4-6-15)17-9-16(30-25-17)11-22(21(24)29)7-8-27(12-22)20(28)18-10-19(31-26-18)14-1-2-14/h3-6,9-10,14H,1-2,7-8,11-12H2,(H2,24,29)/t22-/m0/s1. The normalized spacial score (nSPS) is 20.9. The highest BCUT2D eigenvalue weighted by Gasteiger charge is 2.46. The third kappa shape index (κ3) is 3.71. The van der Waals surface area contributed by atoms with Crippen molar-refractivity contribution in [2.45, 2.75) is 31.6 Å². The molecule has 3 aromatic rings. The number of hydrogen-bond donors (Lipinski definition) is 1. The summed E-state index contributed by atoms with van der Waals surface area (Å²) in [6.07, 6.45) is 2.73. The Kier molecular flexibility index (Phi) is 4.60. The van der Waals surface area contributed by atoms with E-state index in [1.165, 1.54) is 12.1 Å². The molecule has 2 N–H and O–H groups in total. The zero-order valence-corrected chi connectivity index (χ0v) is 16.7. The van der Waals surface area contributed by atoms with Gasteiger partial charge in [-0.05, 0) is 43.5 Å². The summed E-state index contributed by atoms with van der Waals surface area (Å²) in [5, 5.41) is 7.93. The fraction of sp³-hybridized carbons (Fsp3) is 0.364. The number of hydrogen-bond acceptors (Lipinski definition) is 6. The molecule has 0 bridgehead atoms. The first-order chi connectivity index (χ1) is 14.9. The Balaban J connectivity index is 1.31. The average Bonchev–Trinajstić information content (AvgIpc) is 3.17. The molecule has 2 fully saturated rings. The summed E-state index contributed by atoms with van der Waals surface area (Å²) in [6.45, 7) is 0.547. The second-order valence-electron chi connectivity index (χ2n) is 8.37. The lowest BCUT2D eigenvalue weighted by atomic mass is 9.82. The van der Waals surface area contributed by atoms with E-state index in [1.807, 2.05) is 0 Å². The van der Waals surface area contributed by atoms with Crippen LogP contribution in [0.3, 0.4) is 0 Å². The van der Waals surface area contributed by atoms with Crippen molar-refractivity contribution in [3.63, 3.8) is 0 Å². The van der Waals surface area contributed by atoms with Gasteiger partial charge in [0.05, 0.1) is 5.41 Å². The number of carbonyl (C=O) groups excluding carboxylic acids is 2. The maximum absolute atomic E-state index is 13.1. The number of primary amides is 1. The number of nitrogens with zero attached hydrogens (tertiary/aromatic N) is 3. The minimum absolute atomic E-state index is 0.166. The first-order valence-electron chi connectivity index (χ1n) is 10.2. The fourth-order valence-electron chi connectivity index (χ4n) is 4.08. The van der Waals surface area contributed by atoms with Crippen LogP contribution in [-0.2, 0) is 11.2 Å². The molecule has 0 unspecified atom stereocenters. The van der Waals surface area contributed by atoms with Gasteiger partial charge < -0.3 is 19.7 Å². The molecule has 5 rings (SSSR count). The second-order valence-corrected chi connectivity index (χ2v) is 8.37. The molecule has 160 valence electrons. The van der Waals surface area contributed by atoms with Crippen molar-refractivity contribution in [1.29, 1.82) is 0 Å². The molecule has 0 radical (unpaired) electrons. The van der Waals surface area contributed by atoms with Gasteiger partial charge in [-0.15, -0.1) is 0 Å². The Morgan fingerprint density at radius 2 is 1.94 bits per heavy atom. The molecule has 1 aromatic carbocycles. The first-order valence-corrected chi connectivity index (χ1v) is 10.2. The van der Waals surface area contributed by atoms with Gasteiger partial charge in [0.25, 0.3) is 5.91 Å². The smallest absolute Gasteiger partial charge is 0.276 e. The summed E-state index contributed by atoms with van der Waals surface area (Å²) < 4.78 is 23.8. The van der Waals surface area contributed by atoms with E-state index in [0.29, 0.717) is 35.9 Å². The first kappa shape index (κ1) is 19.5. The predicted octanol–water partition coefficient (Wildman–Crippen LogP) is 2.91. The molecular formula is C22H21FN4O4. The highest BCUT2D eigenvalue weighted by atomic mass is 19.1. The van der Waals surface area contributed by atoms with E-state index in [4.69, 9.17) is 14.8 Å². The molecule has 1 saturated heterocycles. The van der Waals surface area contributed by atoms with Gasteiger partial charge in [-0.3, -0.25) is 9.59 Å². The third-order valence-corrected chi connectivity index (χ3v) is 6.10. The van der Waals surface area contributed by atoms with Crippen molar-refractivity contribution >= 4 is 11.8 Å². The maximum Gasteiger partial charge on any atom is 0.276 e. The number of aromatic nitrogens is 2. The van der Waals surface area contributed by atoms with Crippen LogP contribution in [0, 0.1) is 11.2 Å². The van der Waals surface area contributed by atoms with Gasteiger partial charge in [0, 0.05) is 43.1 Å². The van der Waals surface area contributed by atoms with Gasteiger partial charge in [0.1, 0.15) is 23.0 Å². The summed E-state index contributed by atoms with van der Waals surface area (Å²) in [6, 6.07) is 9.29. The minimum Gasteiger partial charge on any atom is -0.369 e. The van der Waals surface area contributed by atoms with Crippen molar-refractivity contribution in [3.05, 3.63) is 59.4 Å². The van der Waals surface area contributed by atoms with E-state index >= 15 is 0 Å². The number of likely N-dealkylation sites (tertiary alicyclic amines) is 1. The van der Waals surface area contributed by atoms with Gasteiger partial charge in [0.15, 0.2) is 5.69 Å². The van der Waals surface area contributed by atoms with E-state index < -0.39 is 11.3 Å². The maximum atomic E-state index is 13.1. The Morgan fingerprint density at radius 1 is 1.16 bits per heavy atom. The number of rotatable bonds is 6. The van der Waals surface area contributed by atoms with Crippen molar-refractivity contribution in [1.82, 2.24) is 15.2 Å². The average molecular weight is 424 g/mol. The second kappa shape index (κ2) is 7.33. The van der Waals surface area contributed by atoms with Gasteiger partial charge in [-0.1, -0.05) is 10.3 Å². The van der Waals surface area contributed by atoms with Crippen LogP contribution >= 0.6 is 0 Å². The number of halogens is 1. The molecule has 1 aliphatic heterocycles. The molecular weight excluding hydrogens is 403 g/mol. The molecule has 1 saturated carbocycles. The zero-order valence-electron chi connectivity index (χ0n) is 16.7. The molecule has 2 aliphatic rings. The predicted molar refractivity (Wildman–Crippen MR) is 106 cm³/mol. The van der Waals surface area contributed by atoms with Crippen LogP contribution in [0.5, 0.6) is 0 Å². The number of amides is 2. The zero-order chi connectivity index (χ0) is 21.6. The summed E-state index contributed by atoms with van der Waals surface area (Å²) in [4.78, 5) is 26.8. The summed E-state index contributed by atoms with van der Waals surface area (Å²) in [5.74, 6) is 0.458. The molecule has 3 heterocycles. The SMILES string of the molecule is NC(=O)[C@]1(Cc2cc(-c3ccc(F)cc3)no2)CCN(C(=O)c2cc(C3CC3)on2)C1. The van der Waals surface area contributed by atoms with E-state index in [9.17, 15) is 14.0 Å². The Bertz CT molecular complexity index is 1130. The highest BCUT2D eigenvalue weighted by Crippen LogP contribution is 2.41. The molecule has 9 heteroatoms. The molecule has 0 spiro atoms. The van der Waals surface area contributed by atoms with E-state index in [1.54, 1.807) is 29.2 Å². The van der Waals surface area contributed by atoms with Crippen molar-refractivity contribution in [2.24, 2.45) is 11.1 Å². The highest BCUT2D eigenvalue weighted by molar-refractivity contribution is 5.93.